The Morgan fingerprint density at radius 3 is 2.76 bits per heavy atom. The zero-order valence-corrected chi connectivity index (χ0v) is 10.6. The van der Waals surface area contributed by atoms with Crippen LogP contribution in [0.5, 0.6) is 0 Å². The largest absolute Gasteiger partial charge is 0.340 e. The third-order valence-corrected chi connectivity index (χ3v) is 2.95. The number of hydrogen-bond acceptors (Lipinski definition) is 2. The molecule has 17 heavy (non-hydrogen) atoms. The van der Waals surface area contributed by atoms with E-state index in [-0.39, 0.29) is 11.8 Å². The first-order chi connectivity index (χ1) is 8.02. The van der Waals surface area contributed by atoms with Crippen LogP contribution in [0.4, 0.5) is 5.69 Å². The Labute approximate surface area is 107 Å². The molecule has 1 atom stereocenters. The number of fused-ring (bicyclic) bond motifs is 1. The Kier molecular flexibility index (Phi) is 2.90. The third-order valence-electron chi connectivity index (χ3n) is 2.49. The number of amides is 2. The van der Waals surface area contributed by atoms with Gasteiger partial charge in [-0.2, -0.15) is 0 Å². The van der Waals surface area contributed by atoms with Gasteiger partial charge in [0.2, 0.25) is 5.91 Å². The second-order valence-corrected chi connectivity index (χ2v) is 4.62. The first kappa shape index (κ1) is 11.7. The smallest absolute Gasteiger partial charge is 0.254 e. The van der Waals surface area contributed by atoms with Gasteiger partial charge in [-0.3, -0.25) is 9.59 Å². The summed E-state index contributed by atoms with van der Waals surface area (Å²) in [5, 5.41) is 5.25. The van der Waals surface area contributed by atoms with Gasteiger partial charge in [0, 0.05) is 10.0 Å². The Morgan fingerprint density at radius 2 is 2.12 bits per heavy atom. The number of carbonyl (C=O) groups is 2. The third kappa shape index (κ3) is 2.04. The van der Waals surface area contributed by atoms with Crippen LogP contribution in [-0.4, -0.2) is 17.9 Å². The van der Waals surface area contributed by atoms with E-state index in [1.165, 1.54) is 0 Å². The highest BCUT2D eigenvalue weighted by Gasteiger charge is 2.26. The number of benzene rings is 1. The Balaban J connectivity index is 2.66. The number of rotatable bonds is 0. The summed E-state index contributed by atoms with van der Waals surface area (Å²) < 4.78 is 0.697. The van der Waals surface area contributed by atoms with E-state index in [0.717, 1.165) is 0 Å². The van der Waals surface area contributed by atoms with Crippen molar-refractivity contribution < 1.29 is 9.59 Å². The molecule has 0 bridgehead atoms. The molecule has 0 aliphatic carbocycles. The molecular weight excluding hydrogens is 284 g/mol. The Hall–Kier alpha value is -1.80. The fourth-order valence-corrected chi connectivity index (χ4v) is 2.06. The normalized spacial score (nSPS) is 18.5. The van der Waals surface area contributed by atoms with Crippen LogP contribution in [0.25, 0.3) is 0 Å². The molecule has 0 radical (unpaired) electrons. The van der Waals surface area contributed by atoms with E-state index in [0.29, 0.717) is 21.3 Å². The molecule has 1 aromatic carbocycles. The molecule has 86 valence electrons. The molecule has 2 N–H and O–H groups in total. The first-order valence-electron chi connectivity index (χ1n) is 4.95. The fourth-order valence-electron chi connectivity index (χ4n) is 1.61. The van der Waals surface area contributed by atoms with Crippen molar-refractivity contribution in [2.24, 2.45) is 0 Å². The fraction of sp³-hybridized carbons (Fsp3) is 0.167. The van der Waals surface area contributed by atoms with Gasteiger partial charge in [0.15, 0.2) is 0 Å². The van der Waals surface area contributed by atoms with Crippen molar-refractivity contribution >= 4 is 33.4 Å². The summed E-state index contributed by atoms with van der Waals surface area (Å²) in [6.45, 7) is 1.61. The molecule has 0 spiro atoms. The maximum Gasteiger partial charge on any atom is 0.254 e. The molecule has 2 amide bonds. The molecule has 1 heterocycles. The summed E-state index contributed by atoms with van der Waals surface area (Å²) in [7, 11) is 0. The van der Waals surface area contributed by atoms with Crippen molar-refractivity contribution in [2.45, 2.75) is 13.0 Å². The number of carbonyl (C=O) groups excluding carboxylic acids is 2. The summed E-state index contributed by atoms with van der Waals surface area (Å²) >= 11 is 3.28. The SMILES string of the molecule is C#Cc1cc(Br)cc2c1NC(=O)C(C)NC2=O. The molecule has 1 aromatic rings. The highest BCUT2D eigenvalue weighted by molar-refractivity contribution is 9.10. The van der Waals surface area contributed by atoms with Crippen molar-refractivity contribution in [3.05, 3.63) is 27.7 Å². The molecule has 0 saturated heterocycles. The molecule has 1 unspecified atom stereocenters. The number of terminal acetylenes is 1. The second kappa shape index (κ2) is 4.22. The average Bonchev–Trinajstić information content (AvgIpc) is 2.38. The van der Waals surface area contributed by atoms with E-state index in [2.05, 4.69) is 32.5 Å². The van der Waals surface area contributed by atoms with E-state index >= 15 is 0 Å². The molecule has 1 aliphatic rings. The molecule has 2 rings (SSSR count). The van der Waals surface area contributed by atoms with E-state index < -0.39 is 6.04 Å². The van der Waals surface area contributed by atoms with Crippen LogP contribution in [0, 0.1) is 12.3 Å². The van der Waals surface area contributed by atoms with Gasteiger partial charge in [0.1, 0.15) is 6.04 Å². The maximum absolute atomic E-state index is 11.9. The number of hydrogen-bond donors (Lipinski definition) is 2. The van der Waals surface area contributed by atoms with Crippen molar-refractivity contribution in [1.82, 2.24) is 5.32 Å². The van der Waals surface area contributed by atoms with Gasteiger partial charge < -0.3 is 10.6 Å². The molecule has 1 aliphatic heterocycles. The lowest BCUT2D eigenvalue weighted by Gasteiger charge is -2.08. The van der Waals surface area contributed by atoms with Crippen molar-refractivity contribution in [3.63, 3.8) is 0 Å². The van der Waals surface area contributed by atoms with Crippen LogP contribution in [0.1, 0.15) is 22.8 Å². The summed E-state index contributed by atoms with van der Waals surface area (Å²) in [5.41, 5.74) is 1.24. The van der Waals surface area contributed by atoms with Gasteiger partial charge in [-0.1, -0.05) is 21.9 Å². The number of nitrogens with one attached hydrogen (secondary N) is 2. The molecule has 0 fully saturated rings. The van der Waals surface area contributed by atoms with E-state index in [9.17, 15) is 9.59 Å². The van der Waals surface area contributed by atoms with E-state index in [1.54, 1.807) is 19.1 Å². The van der Waals surface area contributed by atoms with Crippen LogP contribution in [0.3, 0.4) is 0 Å². The quantitative estimate of drug-likeness (QED) is 0.712. The molecule has 4 nitrogen and oxygen atoms in total. The minimum Gasteiger partial charge on any atom is -0.340 e. The van der Waals surface area contributed by atoms with E-state index in [1.807, 2.05) is 0 Å². The topological polar surface area (TPSA) is 58.2 Å². The highest BCUT2D eigenvalue weighted by atomic mass is 79.9. The lowest BCUT2D eigenvalue weighted by Crippen LogP contribution is -2.38. The molecule has 5 heteroatoms. The van der Waals surface area contributed by atoms with Crippen LogP contribution < -0.4 is 10.6 Å². The van der Waals surface area contributed by atoms with Crippen molar-refractivity contribution in [2.75, 3.05) is 5.32 Å². The van der Waals surface area contributed by atoms with Gasteiger partial charge in [-0.25, -0.2) is 0 Å². The van der Waals surface area contributed by atoms with Crippen LogP contribution in [0.15, 0.2) is 16.6 Å². The number of halogens is 1. The highest BCUT2D eigenvalue weighted by Crippen LogP contribution is 2.27. The summed E-state index contributed by atoms with van der Waals surface area (Å²) in [4.78, 5) is 23.6. The maximum atomic E-state index is 11.9. The van der Waals surface area contributed by atoms with Gasteiger partial charge in [0.05, 0.1) is 11.3 Å². The van der Waals surface area contributed by atoms with Gasteiger partial charge in [-0.15, -0.1) is 6.42 Å². The summed E-state index contributed by atoms with van der Waals surface area (Å²) in [5.74, 6) is 1.86. The van der Waals surface area contributed by atoms with Gasteiger partial charge in [-0.05, 0) is 19.1 Å². The van der Waals surface area contributed by atoms with Crippen molar-refractivity contribution in [3.8, 4) is 12.3 Å². The summed E-state index contributed by atoms with van der Waals surface area (Å²) in [6, 6.07) is 2.73. The standard InChI is InChI=1S/C12H9BrN2O2/c1-3-7-4-8(13)5-9-10(7)15-11(16)6(2)14-12(9)17/h1,4-6H,2H3,(H,14,17)(H,15,16). The van der Waals surface area contributed by atoms with Gasteiger partial charge >= 0.3 is 0 Å². The predicted octanol–water partition coefficient (Wildman–Crippen LogP) is 1.50. The molecular formula is C12H9BrN2O2. The van der Waals surface area contributed by atoms with Crippen LogP contribution in [-0.2, 0) is 4.79 Å². The zero-order valence-electron chi connectivity index (χ0n) is 9.00. The van der Waals surface area contributed by atoms with Crippen molar-refractivity contribution in [1.29, 1.82) is 0 Å². The van der Waals surface area contributed by atoms with E-state index in [4.69, 9.17) is 6.42 Å². The molecule has 0 saturated carbocycles. The Morgan fingerprint density at radius 1 is 1.41 bits per heavy atom. The minimum absolute atomic E-state index is 0.282. The van der Waals surface area contributed by atoms with Crippen LogP contribution >= 0.6 is 15.9 Å². The minimum atomic E-state index is -0.584. The predicted molar refractivity (Wildman–Crippen MR) is 67.6 cm³/mol. The lowest BCUT2D eigenvalue weighted by atomic mass is 10.1. The molecule has 0 aromatic heterocycles. The zero-order chi connectivity index (χ0) is 12.6. The monoisotopic (exact) mass is 292 g/mol. The average molecular weight is 293 g/mol. The lowest BCUT2D eigenvalue weighted by molar-refractivity contribution is -0.117. The first-order valence-corrected chi connectivity index (χ1v) is 5.74. The number of anilines is 1. The van der Waals surface area contributed by atoms with Gasteiger partial charge in [0.25, 0.3) is 5.91 Å². The Bertz CT molecular complexity index is 560. The van der Waals surface area contributed by atoms with Crippen LogP contribution in [0.2, 0.25) is 0 Å². The second-order valence-electron chi connectivity index (χ2n) is 3.70. The summed E-state index contributed by atoms with van der Waals surface area (Å²) in [6.07, 6.45) is 5.37.